The standard InChI is InChI=1S/C52H68N6O7Si/c1-35(14-13-28-54-47(60)27-31-58-29-25-40(26-30-58)64-51(63)56-44-18-12-11-17-41(44)37-15-9-8-10-16-37)50(62)55-39-20-19-38(36(2)32-39)33-53-34-46(65-66(6,7)52(3,4)5)42-21-23-45(59)49-43(42)22-24-48(61)57-49/h8-12,15-24,32,35,40,46,53,59H,13-14,25-31,33-34H2,1-7H3,(H,54,60)(H,55,62)(H,56,63)(H,57,61). The summed E-state index contributed by atoms with van der Waals surface area (Å²) in [4.78, 5) is 55.7. The normalized spacial score (nSPS) is 14.7. The summed E-state index contributed by atoms with van der Waals surface area (Å²) >= 11 is 0. The number of benzene rings is 4. The average Bonchev–Trinajstić information content (AvgIpc) is 3.28. The summed E-state index contributed by atoms with van der Waals surface area (Å²) in [5.74, 6) is -0.306. The van der Waals surface area contributed by atoms with Gasteiger partial charge in [-0.25, -0.2) is 4.79 Å². The van der Waals surface area contributed by atoms with Crippen LogP contribution in [0.5, 0.6) is 5.75 Å². The Morgan fingerprint density at radius 1 is 0.924 bits per heavy atom. The highest BCUT2D eigenvalue weighted by molar-refractivity contribution is 6.74. The molecule has 0 aliphatic carbocycles. The topological polar surface area (TPSA) is 174 Å². The number of carbonyl (C=O) groups is 3. The van der Waals surface area contributed by atoms with Crippen molar-refractivity contribution < 1.29 is 28.7 Å². The van der Waals surface area contributed by atoms with Gasteiger partial charge in [0.05, 0.1) is 17.3 Å². The summed E-state index contributed by atoms with van der Waals surface area (Å²) in [6.07, 6.45) is 2.14. The number of nitrogens with zero attached hydrogens (tertiary/aromatic N) is 1. The van der Waals surface area contributed by atoms with Crippen molar-refractivity contribution in [3.05, 3.63) is 124 Å². The van der Waals surface area contributed by atoms with Crippen LogP contribution in [0, 0.1) is 12.8 Å². The maximum atomic E-state index is 13.2. The summed E-state index contributed by atoms with van der Waals surface area (Å²) in [5, 5.41) is 23.8. The third kappa shape index (κ3) is 13.6. The molecule has 1 fully saturated rings. The molecule has 0 saturated carbocycles. The number of nitrogens with one attached hydrogen (secondary N) is 5. The van der Waals surface area contributed by atoms with E-state index in [0.717, 1.165) is 52.0 Å². The Bertz CT molecular complexity index is 2500. The van der Waals surface area contributed by atoms with Crippen LogP contribution in [0.4, 0.5) is 16.2 Å². The number of aromatic hydroxyl groups is 1. The summed E-state index contributed by atoms with van der Waals surface area (Å²) < 4.78 is 12.7. The number of amides is 3. The first-order chi connectivity index (χ1) is 31.5. The Morgan fingerprint density at radius 3 is 2.38 bits per heavy atom. The van der Waals surface area contributed by atoms with Crippen molar-refractivity contribution in [1.82, 2.24) is 20.5 Å². The molecule has 352 valence electrons. The molecule has 3 amide bonds. The smallest absolute Gasteiger partial charge is 0.411 e. The number of aryl methyl sites for hydroxylation is 1. The number of fused-ring (bicyclic) bond motifs is 1. The minimum Gasteiger partial charge on any atom is -0.506 e. The molecule has 2 heterocycles. The number of likely N-dealkylation sites (tertiary alicyclic amines) is 1. The van der Waals surface area contributed by atoms with Crippen molar-refractivity contribution in [3.63, 3.8) is 0 Å². The minimum atomic E-state index is -2.23. The SMILES string of the molecule is Cc1cc(NC(=O)C(C)CCCNC(=O)CCN2CCC(OC(=O)Nc3ccccc3-c3ccccc3)CC2)ccc1CNCC(O[Si](C)(C)C(C)(C)C)c1ccc(O)c2[nH]c(=O)ccc12. The fraction of sp³-hybridized carbons (Fsp3) is 0.423. The van der Waals surface area contributed by atoms with Gasteiger partial charge in [-0.3, -0.25) is 19.7 Å². The van der Waals surface area contributed by atoms with Gasteiger partial charge in [0.15, 0.2) is 8.32 Å². The fourth-order valence-electron chi connectivity index (χ4n) is 7.98. The van der Waals surface area contributed by atoms with Crippen molar-refractivity contribution in [2.75, 3.05) is 43.4 Å². The summed E-state index contributed by atoms with van der Waals surface area (Å²) in [6.45, 7) is 18.7. The predicted octanol–water partition coefficient (Wildman–Crippen LogP) is 9.64. The first kappa shape index (κ1) is 49.6. The number of rotatable bonds is 19. The van der Waals surface area contributed by atoms with E-state index < -0.39 is 14.4 Å². The molecule has 1 saturated heterocycles. The molecule has 66 heavy (non-hydrogen) atoms. The number of piperidine rings is 1. The third-order valence-electron chi connectivity index (χ3n) is 13.0. The Balaban J connectivity index is 0.882. The monoisotopic (exact) mass is 916 g/mol. The van der Waals surface area contributed by atoms with Crippen LogP contribution >= 0.6 is 0 Å². The number of pyridine rings is 1. The molecule has 1 aliphatic rings. The molecular weight excluding hydrogens is 849 g/mol. The van der Waals surface area contributed by atoms with Gasteiger partial charge in [0, 0.05) is 74.3 Å². The van der Waals surface area contributed by atoms with Crippen LogP contribution in [0.2, 0.25) is 18.1 Å². The second-order valence-corrected chi connectivity index (χ2v) is 23.8. The number of carbonyl (C=O) groups excluding carboxylic acids is 3. The van der Waals surface area contributed by atoms with E-state index in [1.807, 2.05) is 92.7 Å². The van der Waals surface area contributed by atoms with Crippen molar-refractivity contribution in [1.29, 1.82) is 0 Å². The average molecular weight is 917 g/mol. The molecule has 1 aliphatic heterocycles. The van der Waals surface area contributed by atoms with Crippen LogP contribution in [0.3, 0.4) is 0 Å². The maximum absolute atomic E-state index is 13.2. The summed E-state index contributed by atoms with van der Waals surface area (Å²) in [5.41, 5.74) is 6.51. The van der Waals surface area contributed by atoms with E-state index in [1.165, 1.54) is 6.07 Å². The van der Waals surface area contributed by atoms with Crippen molar-refractivity contribution >= 4 is 48.5 Å². The van der Waals surface area contributed by atoms with E-state index in [-0.39, 0.29) is 46.3 Å². The van der Waals surface area contributed by atoms with Crippen molar-refractivity contribution in [2.45, 2.75) is 104 Å². The zero-order valence-corrected chi connectivity index (χ0v) is 40.6. The number of anilines is 2. The number of aromatic nitrogens is 1. The molecule has 6 N–H and O–H groups in total. The van der Waals surface area contributed by atoms with Gasteiger partial charge in [-0.2, -0.15) is 0 Å². The highest BCUT2D eigenvalue weighted by Crippen LogP contribution is 2.41. The van der Waals surface area contributed by atoms with Crippen LogP contribution in [-0.4, -0.2) is 80.0 Å². The Labute approximate surface area is 390 Å². The lowest BCUT2D eigenvalue weighted by atomic mass is 10.0. The molecular formula is C52H68N6O7Si. The molecule has 0 radical (unpaired) electrons. The van der Waals surface area contributed by atoms with E-state index in [9.17, 15) is 24.3 Å². The van der Waals surface area contributed by atoms with Crippen molar-refractivity contribution in [2.24, 2.45) is 5.92 Å². The largest absolute Gasteiger partial charge is 0.506 e. The Morgan fingerprint density at radius 2 is 1.65 bits per heavy atom. The molecule has 2 unspecified atom stereocenters. The second-order valence-electron chi connectivity index (χ2n) is 19.0. The molecule has 5 aromatic rings. The molecule has 0 bridgehead atoms. The highest BCUT2D eigenvalue weighted by atomic mass is 28.4. The minimum absolute atomic E-state index is 0.0155. The lowest BCUT2D eigenvalue weighted by Gasteiger charge is -2.39. The number of hydrogen-bond donors (Lipinski definition) is 6. The quantitative estimate of drug-likeness (QED) is 0.0348. The van der Waals surface area contributed by atoms with Gasteiger partial charge < -0.3 is 40.1 Å². The summed E-state index contributed by atoms with van der Waals surface area (Å²) in [6, 6.07) is 30.2. The maximum Gasteiger partial charge on any atom is 0.411 e. The number of phenolic OH excluding ortho intramolecular Hbond substituents is 1. The van der Waals surface area contributed by atoms with Gasteiger partial charge >= 0.3 is 6.09 Å². The molecule has 13 nitrogen and oxygen atoms in total. The van der Waals surface area contributed by atoms with Gasteiger partial charge in [0.2, 0.25) is 17.4 Å². The van der Waals surface area contributed by atoms with E-state index in [0.29, 0.717) is 69.5 Å². The summed E-state index contributed by atoms with van der Waals surface area (Å²) in [7, 11) is -2.23. The lowest BCUT2D eigenvalue weighted by molar-refractivity contribution is -0.121. The van der Waals surface area contributed by atoms with Gasteiger partial charge in [-0.15, -0.1) is 0 Å². The van der Waals surface area contributed by atoms with E-state index in [1.54, 1.807) is 12.1 Å². The number of ether oxygens (including phenoxy) is 1. The number of hydrogen-bond acceptors (Lipinski definition) is 9. The second kappa shape index (κ2) is 22.6. The van der Waals surface area contributed by atoms with Crippen LogP contribution in [0.25, 0.3) is 22.0 Å². The number of aromatic amines is 1. The molecule has 1 aromatic heterocycles. The van der Waals surface area contributed by atoms with Gasteiger partial charge in [0.25, 0.3) is 0 Å². The number of phenols is 1. The van der Waals surface area contributed by atoms with E-state index in [4.69, 9.17) is 9.16 Å². The zero-order chi connectivity index (χ0) is 47.4. The lowest BCUT2D eigenvalue weighted by Crippen LogP contribution is -2.43. The number of para-hydroxylation sites is 1. The van der Waals surface area contributed by atoms with Gasteiger partial charge in [-0.1, -0.05) is 88.4 Å². The van der Waals surface area contributed by atoms with E-state index >= 15 is 0 Å². The first-order valence-electron chi connectivity index (χ1n) is 23.2. The molecule has 4 aromatic carbocycles. The van der Waals surface area contributed by atoms with E-state index in [2.05, 4.69) is 65.0 Å². The molecule has 2 atom stereocenters. The first-order valence-corrected chi connectivity index (χ1v) is 26.1. The van der Waals surface area contributed by atoms with Gasteiger partial charge in [-0.05, 0) is 103 Å². The Hall–Kier alpha value is -5.80. The number of H-pyrrole nitrogens is 1. The van der Waals surface area contributed by atoms with Crippen LogP contribution in [0.1, 0.15) is 82.6 Å². The van der Waals surface area contributed by atoms with Crippen LogP contribution < -0.4 is 26.8 Å². The molecule has 0 spiro atoms. The highest BCUT2D eigenvalue weighted by Gasteiger charge is 2.40. The van der Waals surface area contributed by atoms with Crippen LogP contribution in [0.15, 0.2) is 102 Å². The molecule has 6 rings (SSSR count). The fourth-order valence-corrected chi connectivity index (χ4v) is 9.26. The van der Waals surface area contributed by atoms with Crippen LogP contribution in [-0.2, 0) is 25.3 Å². The zero-order valence-electron chi connectivity index (χ0n) is 39.6. The molecule has 14 heteroatoms. The van der Waals surface area contributed by atoms with Gasteiger partial charge in [0.1, 0.15) is 11.9 Å². The Kier molecular flexibility index (Phi) is 17.0. The van der Waals surface area contributed by atoms with Crippen molar-refractivity contribution in [3.8, 4) is 16.9 Å². The predicted molar refractivity (Wildman–Crippen MR) is 266 cm³/mol. The third-order valence-corrected chi connectivity index (χ3v) is 17.5.